The van der Waals surface area contributed by atoms with E-state index >= 15 is 0 Å². The first kappa shape index (κ1) is 17.4. The van der Waals surface area contributed by atoms with Crippen molar-refractivity contribution in [3.05, 3.63) is 90.1 Å². The van der Waals surface area contributed by atoms with E-state index in [1.807, 2.05) is 48.5 Å². The van der Waals surface area contributed by atoms with Crippen molar-refractivity contribution in [1.82, 2.24) is 4.98 Å². The lowest BCUT2D eigenvalue weighted by Gasteiger charge is -2.15. The van der Waals surface area contributed by atoms with Crippen LogP contribution < -0.4 is 5.73 Å². The fourth-order valence-electron chi connectivity index (χ4n) is 3.07. The number of oxazole rings is 1. The quantitative estimate of drug-likeness (QED) is 0.557. The number of rotatable bonds is 5. The Labute approximate surface area is 156 Å². The Hall–Kier alpha value is -3.02. The molecule has 3 N–H and O–H groups in total. The lowest BCUT2D eigenvalue weighted by Crippen LogP contribution is -2.30. The number of halogens is 1. The van der Waals surface area contributed by atoms with E-state index in [-0.39, 0.29) is 11.7 Å². The van der Waals surface area contributed by atoms with Crippen LogP contribution in [0.5, 0.6) is 0 Å². The van der Waals surface area contributed by atoms with Crippen LogP contribution in [0.3, 0.4) is 0 Å². The summed E-state index contributed by atoms with van der Waals surface area (Å²) in [6, 6.07) is 21.1. The molecular formula is C22H19FN2O2. The maximum atomic E-state index is 13.0. The van der Waals surface area contributed by atoms with Gasteiger partial charge in [0.05, 0.1) is 0 Å². The van der Waals surface area contributed by atoms with Crippen molar-refractivity contribution in [1.29, 1.82) is 0 Å². The van der Waals surface area contributed by atoms with Gasteiger partial charge in [-0.2, -0.15) is 0 Å². The molecule has 0 aliphatic rings. The Morgan fingerprint density at radius 2 is 1.70 bits per heavy atom. The molecule has 0 aliphatic heterocycles. The molecule has 3 aromatic carbocycles. The zero-order valence-corrected chi connectivity index (χ0v) is 14.5. The van der Waals surface area contributed by atoms with Gasteiger partial charge in [0, 0.05) is 6.04 Å². The first-order valence-corrected chi connectivity index (χ1v) is 8.74. The van der Waals surface area contributed by atoms with Crippen molar-refractivity contribution < 1.29 is 13.9 Å². The summed E-state index contributed by atoms with van der Waals surface area (Å²) in [7, 11) is 0. The molecule has 0 bridgehead atoms. The molecule has 0 aliphatic carbocycles. The fraction of sp³-hybridized carbons (Fsp3) is 0.136. The number of fused-ring (bicyclic) bond motifs is 1. The molecule has 0 saturated carbocycles. The minimum Gasteiger partial charge on any atom is -0.438 e. The van der Waals surface area contributed by atoms with E-state index in [0.29, 0.717) is 17.5 Å². The van der Waals surface area contributed by atoms with E-state index in [1.165, 1.54) is 12.1 Å². The van der Waals surface area contributed by atoms with Crippen LogP contribution in [0.15, 0.2) is 77.2 Å². The van der Waals surface area contributed by atoms with Gasteiger partial charge in [0.2, 0.25) is 5.89 Å². The number of aromatic nitrogens is 1. The molecular weight excluding hydrogens is 343 g/mol. The number of nitrogens with zero attached hydrogens (tertiary/aromatic N) is 1. The van der Waals surface area contributed by atoms with E-state index in [2.05, 4.69) is 4.98 Å². The third-order valence-corrected chi connectivity index (χ3v) is 4.55. The zero-order valence-electron chi connectivity index (χ0n) is 14.5. The molecule has 136 valence electrons. The molecule has 5 heteroatoms. The van der Waals surface area contributed by atoms with Gasteiger partial charge in [-0.15, -0.1) is 0 Å². The molecule has 0 saturated heterocycles. The monoisotopic (exact) mass is 362 g/mol. The van der Waals surface area contributed by atoms with Gasteiger partial charge in [-0.1, -0.05) is 48.5 Å². The summed E-state index contributed by atoms with van der Waals surface area (Å²) in [6.45, 7) is 0. The molecule has 0 amide bonds. The predicted octanol–water partition coefficient (Wildman–Crippen LogP) is 4.24. The van der Waals surface area contributed by atoms with Crippen LogP contribution in [0.1, 0.15) is 17.6 Å². The van der Waals surface area contributed by atoms with Gasteiger partial charge in [-0.3, -0.25) is 0 Å². The summed E-state index contributed by atoms with van der Waals surface area (Å²) in [6.07, 6.45) is -0.669. The molecule has 1 unspecified atom stereocenters. The standard InChI is InChI=1S/C22H19FN2O2/c23-17-9-6-14(7-10-17)12-18(24)21(26)22-25-19-13-16(8-11-20(19)27-22)15-4-2-1-3-5-15/h1-11,13,18,21,26H,12,24H2/t18-,21?/m1/s1. The van der Waals surface area contributed by atoms with Crippen LogP contribution in [0.4, 0.5) is 4.39 Å². The largest absolute Gasteiger partial charge is 0.438 e. The number of hydrogen-bond donors (Lipinski definition) is 2. The van der Waals surface area contributed by atoms with Crippen molar-refractivity contribution in [2.45, 2.75) is 18.6 Å². The van der Waals surface area contributed by atoms with Crippen molar-refractivity contribution in [2.24, 2.45) is 5.73 Å². The number of nitrogens with two attached hydrogens (primary N) is 1. The zero-order chi connectivity index (χ0) is 18.8. The van der Waals surface area contributed by atoms with Gasteiger partial charge in [0.1, 0.15) is 17.4 Å². The van der Waals surface area contributed by atoms with E-state index in [9.17, 15) is 9.50 Å². The highest BCUT2D eigenvalue weighted by Crippen LogP contribution is 2.27. The summed E-state index contributed by atoms with van der Waals surface area (Å²) in [5, 5.41) is 10.5. The maximum absolute atomic E-state index is 13.0. The van der Waals surface area contributed by atoms with E-state index in [0.717, 1.165) is 16.7 Å². The lowest BCUT2D eigenvalue weighted by molar-refractivity contribution is 0.117. The van der Waals surface area contributed by atoms with Crippen molar-refractivity contribution in [2.75, 3.05) is 0 Å². The second-order valence-electron chi connectivity index (χ2n) is 6.54. The summed E-state index contributed by atoms with van der Waals surface area (Å²) in [5.74, 6) is -0.120. The molecule has 1 aromatic heterocycles. The minimum atomic E-state index is -1.05. The summed E-state index contributed by atoms with van der Waals surface area (Å²) in [4.78, 5) is 4.42. The van der Waals surface area contributed by atoms with Crippen LogP contribution in [-0.2, 0) is 6.42 Å². The molecule has 1 heterocycles. The number of hydrogen-bond acceptors (Lipinski definition) is 4. The molecule has 0 radical (unpaired) electrons. The smallest absolute Gasteiger partial charge is 0.225 e. The van der Waals surface area contributed by atoms with Crippen LogP contribution in [0.2, 0.25) is 0 Å². The van der Waals surface area contributed by atoms with Crippen molar-refractivity contribution in [3.63, 3.8) is 0 Å². The average Bonchev–Trinajstić information content (AvgIpc) is 3.13. The van der Waals surface area contributed by atoms with Crippen molar-refractivity contribution >= 4 is 11.1 Å². The highest BCUT2D eigenvalue weighted by atomic mass is 19.1. The second kappa shape index (κ2) is 7.31. The average molecular weight is 362 g/mol. The molecule has 4 nitrogen and oxygen atoms in total. The second-order valence-corrected chi connectivity index (χ2v) is 6.54. The Bertz CT molecular complexity index is 1050. The third-order valence-electron chi connectivity index (χ3n) is 4.55. The number of aliphatic hydroxyl groups excluding tert-OH is 1. The molecule has 27 heavy (non-hydrogen) atoms. The molecule has 4 aromatic rings. The van der Waals surface area contributed by atoms with Gasteiger partial charge in [-0.25, -0.2) is 9.37 Å². The normalized spacial score (nSPS) is 13.6. The number of benzene rings is 3. The van der Waals surface area contributed by atoms with Crippen molar-refractivity contribution in [3.8, 4) is 11.1 Å². The SMILES string of the molecule is N[C@H](Cc1ccc(F)cc1)C(O)c1nc2cc(-c3ccccc3)ccc2o1. The molecule has 2 atom stereocenters. The fourth-order valence-corrected chi connectivity index (χ4v) is 3.07. The minimum absolute atomic E-state index is 0.185. The molecule has 0 fully saturated rings. The third kappa shape index (κ3) is 3.74. The Morgan fingerprint density at radius 3 is 2.44 bits per heavy atom. The Morgan fingerprint density at radius 1 is 0.963 bits per heavy atom. The Kier molecular flexibility index (Phi) is 4.71. The van der Waals surface area contributed by atoms with Gasteiger partial charge >= 0.3 is 0 Å². The first-order chi connectivity index (χ1) is 13.1. The number of aliphatic hydroxyl groups is 1. The van der Waals surface area contributed by atoms with Gasteiger partial charge < -0.3 is 15.3 Å². The maximum Gasteiger partial charge on any atom is 0.225 e. The van der Waals surface area contributed by atoms with Gasteiger partial charge in [-0.05, 0) is 47.4 Å². The lowest BCUT2D eigenvalue weighted by atomic mass is 10.0. The van der Waals surface area contributed by atoms with Crippen LogP contribution in [-0.4, -0.2) is 16.1 Å². The van der Waals surface area contributed by atoms with E-state index in [1.54, 1.807) is 12.1 Å². The van der Waals surface area contributed by atoms with Crippen LogP contribution in [0, 0.1) is 5.82 Å². The van der Waals surface area contributed by atoms with Crippen LogP contribution >= 0.6 is 0 Å². The van der Waals surface area contributed by atoms with Gasteiger partial charge in [0.25, 0.3) is 0 Å². The van der Waals surface area contributed by atoms with Gasteiger partial charge in [0.15, 0.2) is 5.58 Å². The predicted molar refractivity (Wildman–Crippen MR) is 102 cm³/mol. The highest BCUT2D eigenvalue weighted by Gasteiger charge is 2.23. The Balaban J connectivity index is 1.56. The van der Waals surface area contributed by atoms with Crippen LogP contribution in [0.25, 0.3) is 22.2 Å². The van der Waals surface area contributed by atoms with E-state index < -0.39 is 12.1 Å². The first-order valence-electron chi connectivity index (χ1n) is 8.74. The molecule has 0 spiro atoms. The summed E-state index contributed by atoms with van der Waals surface area (Å²) >= 11 is 0. The van der Waals surface area contributed by atoms with E-state index in [4.69, 9.17) is 10.2 Å². The molecule has 4 rings (SSSR count). The summed E-state index contributed by atoms with van der Waals surface area (Å²) < 4.78 is 18.7. The summed E-state index contributed by atoms with van der Waals surface area (Å²) in [5.41, 5.74) is 10.3. The topological polar surface area (TPSA) is 72.3 Å². The highest BCUT2D eigenvalue weighted by molar-refractivity contribution is 5.80.